The summed E-state index contributed by atoms with van der Waals surface area (Å²) in [5.41, 5.74) is 0. The molecule has 0 fully saturated rings. The molecule has 0 aliphatic carbocycles. The van der Waals surface area contributed by atoms with Crippen LogP contribution in [0.4, 0.5) is 0 Å². The molecule has 2 heteroatoms. The summed E-state index contributed by atoms with van der Waals surface area (Å²) in [5.74, 6) is 1.98. The second-order valence-electron chi connectivity index (χ2n) is 2.53. The minimum atomic E-state index is -0.111. The lowest BCUT2D eigenvalue weighted by Crippen LogP contribution is -2.09. The zero-order valence-electron chi connectivity index (χ0n) is 7.25. The number of thioether (sulfide) groups is 1. The minimum absolute atomic E-state index is 0.111. The minimum Gasteiger partial charge on any atom is -0.392 e. The maximum Gasteiger partial charge on any atom is 0.0630 e. The van der Waals surface area contributed by atoms with Crippen LogP contribution in [-0.2, 0) is 0 Å². The summed E-state index contributed by atoms with van der Waals surface area (Å²) in [6.07, 6.45) is 4.79. The van der Waals surface area contributed by atoms with Crippen LogP contribution in [-0.4, -0.2) is 22.7 Å². The SMILES string of the molecule is C=CCCCC(O)CSCC. The quantitative estimate of drug-likeness (QED) is 0.472. The Morgan fingerprint density at radius 3 is 2.91 bits per heavy atom. The van der Waals surface area contributed by atoms with Gasteiger partial charge in [-0.15, -0.1) is 6.58 Å². The van der Waals surface area contributed by atoms with Gasteiger partial charge in [-0.25, -0.2) is 0 Å². The second-order valence-corrected chi connectivity index (χ2v) is 3.85. The van der Waals surface area contributed by atoms with Crippen molar-refractivity contribution < 1.29 is 5.11 Å². The third-order valence-corrected chi connectivity index (χ3v) is 2.49. The highest BCUT2D eigenvalue weighted by molar-refractivity contribution is 7.99. The van der Waals surface area contributed by atoms with E-state index in [-0.39, 0.29) is 6.10 Å². The highest BCUT2D eigenvalue weighted by Gasteiger charge is 2.01. The van der Waals surface area contributed by atoms with Crippen molar-refractivity contribution in [1.82, 2.24) is 0 Å². The van der Waals surface area contributed by atoms with E-state index >= 15 is 0 Å². The Bertz CT molecular complexity index is 93.6. The number of allylic oxidation sites excluding steroid dienone is 1. The van der Waals surface area contributed by atoms with Gasteiger partial charge in [0.05, 0.1) is 6.10 Å². The lowest BCUT2D eigenvalue weighted by molar-refractivity contribution is 0.186. The molecule has 0 saturated heterocycles. The predicted octanol–water partition coefficient (Wildman–Crippen LogP) is 2.46. The number of hydrogen-bond acceptors (Lipinski definition) is 2. The van der Waals surface area contributed by atoms with Gasteiger partial charge in [0.15, 0.2) is 0 Å². The van der Waals surface area contributed by atoms with Crippen LogP contribution in [0.25, 0.3) is 0 Å². The van der Waals surface area contributed by atoms with Crippen molar-refractivity contribution in [3.63, 3.8) is 0 Å². The van der Waals surface area contributed by atoms with Crippen LogP contribution in [0.1, 0.15) is 26.2 Å². The largest absolute Gasteiger partial charge is 0.392 e. The molecule has 0 heterocycles. The van der Waals surface area contributed by atoms with Gasteiger partial charge < -0.3 is 5.11 Å². The van der Waals surface area contributed by atoms with Crippen molar-refractivity contribution in [2.24, 2.45) is 0 Å². The normalized spacial score (nSPS) is 12.9. The van der Waals surface area contributed by atoms with Crippen LogP contribution >= 0.6 is 11.8 Å². The molecule has 0 spiro atoms. The zero-order valence-corrected chi connectivity index (χ0v) is 8.07. The van der Waals surface area contributed by atoms with E-state index < -0.39 is 0 Å². The van der Waals surface area contributed by atoms with Crippen LogP contribution in [0.5, 0.6) is 0 Å². The number of aliphatic hydroxyl groups excluding tert-OH is 1. The average Bonchev–Trinajstić information content (AvgIpc) is 2.01. The first kappa shape index (κ1) is 11.1. The summed E-state index contributed by atoms with van der Waals surface area (Å²) in [6, 6.07) is 0. The van der Waals surface area contributed by atoms with Gasteiger partial charge in [-0.2, -0.15) is 11.8 Å². The molecule has 0 rings (SSSR count). The summed E-state index contributed by atoms with van der Waals surface area (Å²) in [6.45, 7) is 5.75. The molecule has 1 unspecified atom stereocenters. The maximum atomic E-state index is 9.35. The molecule has 11 heavy (non-hydrogen) atoms. The molecular formula is C9H18OS. The Labute approximate surface area is 73.9 Å². The van der Waals surface area contributed by atoms with Crippen LogP contribution in [0, 0.1) is 0 Å². The van der Waals surface area contributed by atoms with Crippen molar-refractivity contribution in [2.45, 2.75) is 32.3 Å². The Balaban J connectivity index is 3.08. The Hall–Kier alpha value is 0.0500. The monoisotopic (exact) mass is 174 g/mol. The van der Waals surface area contributed by atoms with Crippen molar-refractivity contribution in [3.05, 3.63) is 12.7 Å². The summed E-state index contributed by atoms with van der Waals surface area (Å²) >= 11 is 1.80. The Morgan fingerprint density at radius 1 is 1.64 bits per heavy atom. The summed E-state index contributed by atoms with van der Waals surface area (Å²) in [7, 11) is 0. The van der Waals surface area contributed by atoms with Gasteiger partial charge in [0, 0.05) is 5.75 Å². The summed E-state index contributed by atoms with van der Waals surface area (Å²) in [4.78, 5) is 0. The van der Waals surface area contributed by atoms with E-state index in [4.69, 9.17) is 0 Å². The average molecular weight is 174 g/mol. The molecule has 0 aliphatic heterocycles. The third kappa shape index (κ3) is 7.95. The van der Waals surface area contributed by atoms with E-state index in [2.05, 4.69) is 13.5 Å². The molecule has 0 aromatic carbocycles. The number of rotatable bonds is 7. The maximum absolute atomic E-state index is 9.35. The topological polar surface area (TPSA) is 20.2 Å². The number of unbranched alkanes of at least 4 members (excludes halogenated alkanes) is 1. The molecule has 0 amide bonds. The second kappa shape index (κ2) is 8.15. The van der Waals surface area contributed by atoms with Gasteiger partial charge >= 0.3 is 0 Å². The van der Waals surface area contributed by atoms with E-state index in [9.17, 15) is 5.11 Å². The van der Waals surface area contributed by atoms with Gasteiger partial charge in [0.25, 0.3) is 0 Å². The molecule has 1 nitrogen and oxygen atoms in total. The summed E-state index contributed by atoms with van der Waals surface area (Å²) in [5, 5.41) is 9.35. The first-order chi connectivity index (χ1) is 5.31. The standard InChI is InChI=1S/C9H18OS/c1-3-5-6-7-9(10)8-11-4-2/h3,9-10H,1,4-8H2,2H3. The molecule has 0 aliphatic rings. The molecule has 66 valence electrons. The van der Waals surface area contributed by atoms with Crippen molar-refractivity contribution in [1.29, 1.82) is 0 Å². The molecule has 0 radical (unpaired) electrons. The van der Waals surface area contributed by atoms with E-state index in [1.807, 2.05) is 6.08 Å². The van der Waals surface area contributed by atoms with E-state index in [1.165, 1.54) is 0 Å². The van der Waals surface area contributed by atoms with E-state index in [1.54, 1.807) is 11.8 Å². The fourth-order valence-corrected chi connectivity index (χ4v) is 1.51. The van der Waals surface area contributed by atoms with E-state index in [0.29, 0.717) is 0 Å². The van der Waals surface area contributed by atoms with Gasteiger partial charge in [-0.05, 0) is 25.0 Å². The first-order valence-electron chi connectivity index (χ1n) is 4.18. The molecule has 1 N–H and O–H groups in total. The smallest absolute Gasteiger partial charge is 0.0630 e. The Morgan fingerprint density at radius 2 is 2.36 bits per heavy atom. The Kier molecular flexibility index (Phi) is 8.19. The van der Waals surface area contributed by atoms with Crippen molar-refractivity contribution in [3.8, 4) is 0 Å². The fraction of sp³-hybridized carbons (Fsp3) is 0.778. The summed E-state index contributed by atoms with van der Waals surface area (Å²) < 4.78 is 0. The third-order valence-electron chi connectivity index (χ3n) is 1.46. The van der Waals surface area contributed by atoms with Crippen LogP contribution in [0.2, 0.25) is 0 Å². The van der Waals surface area contributed by atoms with E-state index in [0.717, 1.165) is 30.8 Å². The molecule has 0 bridgehead atoms. The predicted molar refractivity (Wildman–Crippen MR) is 53.1 cm³/mol. The zero-order chi connectivity index (χ0) is 8.53. The number of hydrogen-bond donors (Lipinski definition) is 1. The molecule has 0 aromatic rings. The fourth-order valence-electron chi connectivity index (χ4n) is 0.835. The van der Waals surface area contributed by atoms with Gasteiger partial charge in [-0.1, -0.05) is 13.0 Å². The number of aliphatic hydroxyl groups is 1. The van der Waals surface area contributed by atoms with Crippen LogP contribution < -0.4 is 0 Å². The van der Waals surface area contributed by atoms with Gasteiger partial charge in [-0.3, -0.25) is 0 Å². The van der Waals surface area contributed by atoms with Crippen LogP contribution in [0.15, 0.2) is 12.7 Å². The lowest BCUT2D eigenvalue weighted by atomic mass is 10.2. The van der Waals surface area contributed by atoms with Gasteiger partial charge in [0.1, 0.15) is 0 Å². The van der Waals surface area contributed by atoms with Crippen molar-refractivity contribution >= 4 is 11.8 Å². The lowest BCUT2D eigenvalue weighted by Gasteiger charge is -2.07. The highest BCUT2D eigenvalue weighted by atomic mass is 32.2. The molecule has 0 aromatic heterocycles. The molecular weight excluding hydrogens is 156 g/mol. The van der Waals surface area contributed by atoms with Crippen LogP contribution in [0.3, 0.4) is 0 Å². The van der Waals surface area contributed by atoms with Gasteiger partial charge in [0.2, 0.25) is 0 Å². The molecule has 0 saturated carbocycles. The first-order valence-corrected chi connectivity index (χ1v) is 5.33. The highest BCUT2D eigenvalue weighted by Crippen LogP contribution is 2.07. The van der Waals surface area contributed by atoms with Crippen molar-refractivity contribution in [2.75, 3.05) is 11.5 Å². The molecule has 1 atom stereocenters.